The predicted octanol–water partition coefficient (Wildman–Crippen LogP) is 4.04. The smallest absolute Gasteiger partial charge is 0.407 e. The summed E-state index contributed by atoms with van der Waals surface area (Å²) in [6.07, 6.45) is 1.46. The third kappa shape index (κ3) is 17.1. The SMILES string of the molecule is COc1ccc([C@@H](O)[C@H](NC(=O)CNC(=O)[C@@H](NC(=O)CNC(=O)OCc2ccccc2)C(C)C)C(=O)NCC(=O)N[C@@H](Cc2c[nH]c3ccccc23)C(=O)N2CCC[C@H]2C(=O)OCc2ccccc2)cc1CCC(C)C. The van der Waals surface area contributed by atoms with Gasteiger partial charge in [0.25, 0.3) is 0 Å². The molecule has 0 saturated carbocycles. The van der Waals surface area contributed by atoms with Crippen molar-refractivity contribution in [3.05, 3.63) is 137 Å². The number of aryl methyl sites for hydroxylation is 1. The number of methoxy groups -OCH3 is 1. The van der Waals surface area contributed by atoms with Gasteiger partial charge >= 0.3 is 12.1 Å². The number of aromatic amines is 1. The Labute approximate surface area is 447 Å². The second-order valence-electron chi connectivity index (χ2n) is 19.6. The first-order chi connectivity index (χ1) is 37.0. The van der Waals surface area contributed by atoms with Crippen molar-refractivity contribution in [3.8, 4) is 5.75 Å². The van der Waals surface area contributed by atoms with Crippen molar-refractivity contribution in [2.75, 3.05) is 33.3 Å². The number of nitrogens with one attached hydrogen (secondary N) is 7. The molecule has 410 valence electrons. The number of nitrogens with zero attached hydrogens (tertiary/aromatic N) is 1. The molecule has 8 N–H and O–H groups in total. The first-order valence-electron chi connectivity index (χ1n) is 25.8. The van der Waals surface area contributed by atoms with Crippen molar-refractivity contribution >= 4 is 58.4 Å². The second-order valence-corrected chi connectivity index (χ2v) is 19.6. The van der Waals surface area contributed by atoms with E-state index in [0.717, 1.165) is 34.0 Å². The summed E-state index contributed by atoms with van der Waals surface area (Å²) < 4.78 is 16.4. The Morgan fingerprint density at radius 3 is 1.91 bits per heavy atom. The fourth-order valence-corrected chi connectivity index (χ4v) is 8.83. The summed E-state index contributed by atoms with van der Waals surface area (Å²) in [6, 6.07) is 25.4. The van der Waals surface area contributed by atoms with Gasteiger partial charge in [-0.05, 0) is 83.5 Å². The molecular formula is C57H70N8O12. The van der Waals surface area contributed by atoms with Crippen LogP contribution in [0.15, 0.2) is 109 Å². The standard InChI is InChI=1S/C57H70N8O12/c1-35(2)22-23-39-27-40(24-25-46(39)75-5)52(69)51(64-48(67)31-59-53(70)50(36(3)4)63-49(68)32-61-57(74)77-34-38-17-10-7-11-18-38)54(71)60-30-47(66)62-44(28-41-29-58-43-20-13-12-19-42(41)43)55(72)65-26-14-21-45(65)56(73)76-33-37-15-8-6-9-16-37/h6-13,15-20,24-25,27,29,35-36,44-45,50-52,58,69H,14,21-23,26,28,30-34H2,1-5H3,(H,59,70)(H,60,71)(H,61,74)(H,62,66)(H,63,68)(H,64,67)/t44-,45-,50-,51-,52+/m0/s1. The van der Waals surface area contributed by atoms with Crippen LogP contribution >= 0.6 is 0 Å². The highest BCUT2D eigenvalue weighted by Gasteiger charge is 2.39. The van der Waals surface area contributed by atoms with E-state index in [-0.39, 0.29) is 31.7 Å². The van der Waals surface area contributed by atoms with Gasteiger partial charge in [-0.15, -0.1) is 0 Å². The number of hydrogen-bond donors (Lipinski definition) is 8. The minimum atomic E-state index is -1.73. The molecule has 4 aromatic carbocycles. The molecule has 2 heterocycles. The maximum atomic E-state index is 14.5. The fourth-order valence-electron chi connectivity index (χ4n) is 8.83. The number of fused-ring (bicyclic) bond motifs is 1. The second kappa shape index (κ2) is 28.6. The molecule has 0 spiro atoms. The summed E-state index contributed by atoms with van der Waals surface area (Å²) in [6.45, 7) is 5.78. The van der Waals surface area contributed by atoms with Crippen LogP contribution in [0.5, 0.6) is 5.75 Å². The predicted molar refractivity (Wildman–Crippen MR) is 285 cm³/mol. The summed E-state index contributed by atoms with van der Waals surface area (Å²) in [5, 5.41) is 27.9. The third-order valence-corrected chi connectivity index (χ3v) is 13.0. The molecule has 1 aromatic heterocycles. The highest BCUT2D eigenvalue weighted by Crippen LogP contribution is 2.28. The van der Waals surface area contributed by atoms with Crippen LogP contribution in [0, 0.1) is 11.8 Å². The largest absolute Gasteiger partial charge is 0.496 e. The zero-order valence-electron chi connectivity index (χ0n) is 44.1. The van der Waals surface area contributed by atoms with E-state index in [0.29, 0.717) is 36.5 Å². The molecular weight excluding hydrogens is 989 g/mol. The average Bonchev–Trinajstić information content (AvgIpc) is 4.11. The first-order valence-corrected chi connectivity index (χ1v) is 25.8. The number of alkyl carbamates (subject to hydrolysis) is 1. The number of esters is 1. The van der Waals surface area contributed by atoms with Crippen LogP contribution in [0.2, 0.25) is 0 Å². The molecule has 0 radical (unpaired) electrons. The number of amides is 7. The highest BCUT2D eigenvalue weighted by atomic mass is 16.5. The molecule has 77 heavy (non-hydrogen) atoms. The van der Waals surface area contributed by atoms with Gasteiger partial charge in [0.2, 0.25) is 35.4 Å². The Morgan fingerprint density at radius 1 is 0.688 bits per heavy atom. The topological polar surface area (TPSA) is 276 Å². The molecule has 20 nitrogen and oxygen atoms in total. The Bertz CT molecular complexity index is 2820. The number of aliphatic hydroxyl groups excluding tert-OH is 1. The lowest BCUT2D eigenvalue weighted by Gasteiger charge is -2.28. The Hall–Kier alpha value is -8.26. The summed E-state index contributed by atoms with van der Waals surface area (Å²) in [4.78, 5) is 113. The van der Waals surface area contributed by atoms with E-state index in [9.17, 15) is 43.5 Å². The number of H-pyrrole nitrogens is 1. The van der Waals surface area contributed by atoms with Crippen LogP contribution in [0.1, 0.15) is 80.9 Å². The van der Waals surface area contributed by atoms with Crippen molar-refractivity contribution in [1.29, 1.82) is 0 Å². The first kappa shape index (κ1) is 58.0. The molecule has 5 aromatic rings. The summed E-state index contributed by atoms with van der Waals surface area (Å²) >= 11 is 0. The molecule has 7 amide bonds. The molecule has 5 atom stereocenters. The Kier molecular flexibility index (Phi) is 21.5. The Balaban J connectivity index is 1.14. The van der Waals surface area contributed by atoms with Crippen molar-refractivity contribution in [3.63, 3.8) is 0 Å². The van der Waals surface area contributed by atoms with E-state index in [1.165, 1.54) is 12.0 Å². The molecule has 1 aliphatic rings. The molecule has 0 unspecified atom stereocenters. The van der Waals surface area contributed by atoms with Gasteiger partial charge in [0.05, 0.1) is 20.2 Å². The van der Waals surface area contributed by atoms with Gasteiger partial charge in [0.15, 0.2) is 0 Å². The zero-order valence-corrected chi connectivity index (χ0v) is 44.1. The minimum absolute atomic E-state index is 0.0185. The van der Waals surface area contributed by atoms with E-state index in [1.807, 2.05) is 60.7 Å². The van der Waals surface area contributed by atoms with Crippen LogP contribution in [0.3, 0.4) is 0 Å². The summed E-state index contributed by atoms with van der Waals surface area (Å²) in [5.74, 6) is -4.82. The van der Waals surface area contributed by atoms with Crippen LogP contribution in [0.25, 0.3) is 10.9 Å². The monoisotopic (exact) mass is 1060 g/mol. The van der Waals surface area contributed by atoms with Crippen LogP contribution in [-0.4, -0.2) is 120 Å². The quantitative estimate of drug-likeness (QED) is 0.0365. The average molecular weight is 1060 g/mol. The molecule has 6 rings (SSSR count). The Morgan fingerprint density at radius 2 is 1.27 bits per heavy atom. The van der Waals surface area contributed by atoms with E-state index >= 15 is 0 Å². The van der Waals surface area contributed by atoms with Gasteiger partial charge in [-0.1, -0.05) is 113 Å². The maximum Gasteiger partial charge on any atom is 0.407 e. The summed E-state index contributed by atoms with van der Waals surface area (Å²) in [5.41, 5.74) is 4.03. The van der Waals surface area contributed by atoms with Crippen molar-refractivity contribution in [2.24, 2.45) is 11.8 Å². The molecule has 20 heteroatoms. The van der Waals surface area contributed by atoms with Crippen molar-refractivity contribution < 1.29 is 57.7 Å². The van der Waals surface area contributed by atoms with Crippen LogP contribution in [-0.2, 0) is 69.1 Å². The number of carbonyl (C=O) groups is 8. The lowest BCUT2D eigenvalue weighted by molar-refractivity contribution is -0.155. The number of ether oxygens (including phenoxy) is 3. The van der Waals surface area contributed by atoms with E-state index < -0.39 is 103 Å². The molecule has 1 saturated heterocycles. The molecule has 1 aliphatic heterocycles. The van der Waals surface area contributed by atoms with Crippen molar-refractivity contribution in [2.45, 2.75) is 103 Å². The zero-order chi connectivity index (χ0) is 55.4. The third-order valence-electron chi connectivity index (χ3n) is 13.0. The van der Waals surface area contributed by atoms with Crippen molar-refractivity contribution in [1.82, 2.24) is 41.8 Å². The number of aromatic nitrogens is 1. The van der Waals surface area contributed by atoms with Gasteiger partial charge in [0.1, 0.15) is 55.8 Å². The number of benzene rings is 4. The fraction of sp³-hybridized carbons (Fsp3) is 0.404. The number of hydrogen-bond acceptors (Lipinski definition) is 12. The van der Waals surface area contributed by atoms with Gasteiger partial charge in [-0.2, -0.15) is 0 Å². The highest BCUT2D eigenvalue weighted by molar-refractivity contribution is 5.96. The number of aliphatic hydroxyl groups is 1. The van der Waals surface area contributed by atoms with Crippen LogP contribution in [0.4, 0.5) is 4.79 Å². The maximum absolute atomic E-state index is 14.5. The summed E-state index contributed by atoms with van der Waals surface area (Å²) in [7, 11) is 1.51. The number of carbonyl (C=O) groups excluding carboxylic acids is 8. The van der Waals surface area contributed by atoms with Gasteiger partial charge in [-0.25, -0.2) is 9.59 Å². The molecule has 0 aliphatic carbocycles. The number of para-hydroxylation sites is 1. The van der Waals surface area contributed by atoms with E-state index in [2.05, 4.69) is 50.7 Å². The van der Waals surface area contributed by atoms with Gasteiger partial charge in [0, 0.05) is 30.1 Å². The minimum Gasteiger partial charge on any atom is -0.496 e. The number of rotatable bonds is 26. The lowest BCUT2D eigenvalue weighted by Crippen LogP contribution is -2.57. The van der Waals surface area contributed by atoms with E-state index in [1.54, 1.807) is 62.5 Å². The number of likely N-dealkylation sites (tertiary alicyclic amines) is 1. The van der Waals surface area contributed by atoms with Gasteiger partial charge in [-0.3, -0.25) is 28.8 Å². The van der Waals surface area contributed by atoms with Gasteiger partial charge < -0.3 is 61.1 Å². The normalized spacial score (nSPS) is 14.6. The van der Waals surface area contributed by atoms with Crippen LogP contribution < -0.4 is 36.6 Å². The van der Waals surface area contributed by atoms with E-state index in [4.69, 9.17) is 14.2 Å². The molecule has 1 fully saturated rings. The molecule has 0 bridgehead atoms. The lowest BCUT2D eigenvalue weighted by atomic mass is 9.95.